The van der Waals surface area contributed by atoms with Gasteiger partial charge in [-0.1, -0.05) is 67.6 Å². The molecule has 6 N–H and O–H groups in total. The third-order valence-electron chi connectivity index (χ3n) is 8.12. The molecule has 3 unspecified atom stereocenters. The number of imide groups is 1. The molecule has 0 radical (unpaired) electrons. The molecule has 0 saturated heterocycles. The number of Topliss-reactive ketones (excluding diaryl/α,β-unsaturated/α-hetero) is 1. The van der Waals surface area contributed by atoms with Crippen LogP contribution in [-0.2, 0) is 41.6 Å². The first-order valence-corrected chi connectivity index (χ1v) is 15.5. The first kappa shape index (κ1) is 36.4. The van der Waals surface area contributed by atoms with E-state index in [2.05, 4.69) is 10.6 Å². The molecule has 1 aliphatic rings. The molecular formula is C35H42N4O8. The van der Waals surface area contributed by atoms with Gasteiger partial charge in [-0.25, -0.2) is 4.79 Å². The molecular weight excluding hydrogens is 604 g/mol. The molecule has 12 heteroatoms. The minimum Gasteiger partial charge on any atom is -0.481 e. The van der Waals surface area contributed by atoms with Gasteiger partial charge in [0.15, 0.2) is 0 Å². The van der Waals surface area contributed by atoms with Crippen molar-refractivity contribution in [1.82, 2.24) is 10.2 Å². The summed E-state index contributed by atoms with van der Waals surface area (Å²) in [5.74, 6) is -7.10. The normalized spacial score (nSPS) is 18.1. The van der Waals surface area contributed by atoms with Gasteiger partial charge in [0.05, 0.1) is 12.1 Å². The van der Waals surface area contributed by atoms with Crippen LogP contribution in [0.2, 0.25) is 0 Å². The van der Waals surface area contributed by atoms with Crippen molar-refractivity contribution in [1.29, 1.82) is 0 Å². The van der Waals surface area contributed by atoms with Gasteiger partial charge in [0.2, 0.25) is 17.7 Å². The smallest absolute Gasteiger partial charge is 0.375 e. The first-order valence-electron chi connectivity index (χ1n) is 15.5. The number of carboxylic acid groups (broad SMARTS) is 2. The molecule has 2 aromatic rings. The zero-order valence-corrected chi connectivity index (χ0v) is 26.8. The molecule has 0 spiro atoms. The Bertz CT molecular complexity index is 1550. The number of carbonyl (C=O) groups is 6. The fourth-order valence-corrected chi connectivity index (χ4v) is 5.55. The maximum Gasteiger partial charge on any atom is 0.375 e. The molecule has 12 nitrogen and oxygen atoms in total. The van der Waals surface area contributed by atoms with Gasteiger partial charge < -0.3 is 26.6 Å². The minimum atomic E-state index is -2.06. The predicted molar refractivity (Wildman–Crippen MR) is 175 cm³/mol. The lowest BCUT2D eigenvalue weighted by Gasteiger charge is -2.36. The van der Waals surface area contributed by atoms with Crippen LogP contribution in [0.1, 0.15) is 62.8 Å². The van der Waals surface area contributed by atoms with Crippen molar-refractivity contribution in [2.45, 2.75) is 70.5 Å². The third-order valence-corrected chi connectivity index (χ3v) is 8.12. The number of aryl methyl sites for hydroxylation is 1. The van der Waals surface area contributed by atoms with Crippen LogP contribution >= 0.6 is 0 Å². The summed E-state index contributed by atoms with van der Waals surface area (Å²) in [6.45, 7) is 5.11. The summed E-state index contributed by atoms with van der Waals surface area (Å²) in [7, 11) is 0. The lowest BCUT2D eigenvalue weighted by Crippen LogP contribution is -2.56. The van der Waals surface area contributed by atoms with Gasteiger partial charge in [0.25, 0.3) is 5.78 Å². The number of nitrogens with two attached hydrogens (primary N) is 1. The van der Waals surface area contributed by atoms with Gasteiger partial charge in [-0.05, 0) is 61.4 Å². The van der Waals surface area contributed by atoms with Crippen LogP contribution < -0.4 is 16.4 Å². The lowest BCUT2D eigenvalue weighted by molar-refractivity contribution is -0.153. The molecule has 4 atom stereocenters. The van der Waals surface area contributed by atoms with Crippen molar-refractivity contribution in [3.8, 4) is 0 Å². The summed E-state index contributed by atoms with van der Waals surface area (Å²) in [6.07, 6.45) is 6.96. The highest BCUT2D eigenvalue weighted by Gasteiger charge is 2.50. The maximum atomic E-state index is 13.2. The van der Waals surface area contributed by atoms with E-state index in [1.807, 2.05) is 44.2 Å². The van der Waals surface area contributed by atoms with E-state index in [1.165, 1.54) is 31.2 Å². The average Bonchev–Trinajstić information content (AvgIpc) is 3.04. The molecule has 0 aromatic heterocycles. The number of hydrogen-bond acceptors (Lipinski definition) is 8. The number of aliphatic carboxylic acids is 2. The number of hydrogen-bond donors (Lipinski definition) is 5. The van der Waals surface area contributed by atoms with E-state index in [0.29, 0.717) is 36.1 Å². The number of ketones is 1. The largest absolute Gasteiger partial charge is 0.481 e. The number of nitrogens with zero attached hydrogens (tertiary/aromatic N) is 1. The van der Waals surface area contributed by atoms with Crippen LogP contribution in [0.25, 0.3) is 0 Å². The van der Waals surface area contributed by atoms with Gasteiger partial charge >= 0.3 is 11.9 Å². The number of unbranched alkanes of at least 4 members (excludes halogenated alkanes) is 1. The standard InChI is InChI=1S/C35H42N4O8/c1-4-25-20-24(16-17-29(25)38-35(31(42)34(46)47)18-10-8-14-27(35)33(44)45)21-28(36)32(43)39(23(3)40)19-11-9-15-30(41)37-22(2)26-12-6-5-7-13-26/h5-8,10,12-14,16-18,20,22,27-28,38H,4,9,11,15,19,21,36H2,1-3H3,(H,37,41)(H,44,45)(H,46,47)/t22?,27?,28-,35?/m0/s1. The van der Waals surface area contributed by atoms with Gasteiger partial charge in [0, 0.05) is 25.6 Å². The second kappa shape index (κ2) is 16.5. The zero-order valence-electron chi connectivity index (χ0n) is 26.8. The van der Waals surface area contributed by atoms with E-state index >= 15 is 0 Å². The van der Waals surface area contributed by atoms with E-state index < -0.39 is 47.0 Å². The molecule has 0 aliphatic heterocycles. The number of nitrogens with one attached hydrogen (secondary N) is 2. The van der Waals surface area contributed by atoms with Crippen molar-refractivity contribution in [2.24, 2.45) is 11.7 Å². The van der Waals surface area contributed by atoms with Gasteiger partial charge in [0.1, 0.15) is 11.5 Å². The van der Waals surface area contributed by atoms with Crippen molar-refractivity contribution in [2.75, 3.05) is 11.9 Å². The van der Waals surface area contributed by atoms with Gasteiger partial charge in [-0.15, -0.1) is 0 Å². The number of anilines is 1. The van der Waals surface area contributed by atoms with Crippen molar-refractivity contribution in [3.63, 3.8) is 0 Å². The number of rotatable bonds is 16. The molecule has 1 aliphatic carbocycles. The fourth-order valence-electron chi connectivity index (χ4n) is 5.55. The molecule has 0 bridgehead atoms. The van der Waals surface area contributed by atoms with Crippen LogP contribution in [0.5, 0.6) is 0 Å². The Morgan fingerprint density at radius 3 is 2.32 bits per heavy atom. The Kier molecular flexibility index (Phi) is 12.7. The summed E-state index contributed by atoms with van der Waals surface area (Å²) in [4.78, 5) is 75.7. The average molecular weight is 647 g/mol. The molecule has 3 amide bonds. The second-order valence-electron chi connectivity index (χ2n) is 11.5. The number of carboxylic acids is 2. The van der Waals surface area contributed by atoms with Crippen LogP contribution in [0, 0.1) is 5.92 Å². The Labute approximate surface area is 273 Å². The Morgan fingerprint density at radius 1 is 1.00 bits per heavy atom. The molecule has 0 heterocycles. The fraction of sp³-hybridized carbons (Fsp3) is 0.371. The Hall–Kier alpha value is -5.10. The summed E-state index contributed by atoms with van der Waals surface area (Å²) in [6, 6.07) is 13.3. The van der Waals surface area contributed by atoms with Crippen LogP contribution in [0.15, 0.2) is 72.8 Å². The maximum absolute atomic E-state index is 13.2. The Balaban J connectivity index is 1.64. The summed E-state index contributed by atoms with van der Waals surface area (Å²) in [5.41, 5.74) is 6.82. The Morgan fingerprint density at radius 2 is 1.70 bits per heavy atom. The SMILES string of the molecule is CCc1cc(C[C@H](N)C(=O)N(CCCCC(=O)NC(C)c2ccccc2)C(C)=O)ccc1NC1(C(=O)C(=O)O)C=CC=CC1C(=O)O. The second-order valence-corrected chi connectivity index (χ2v) is 11.5. The molecule has 2 aromatic carbocycles. The summed E-state index contributed by atoms with van der Waals surface area (Å²) < 4.78 is 0. The lowest BCUT2D eigenvalue weighted by atomic mass is 9.76. The number of amides is 3. The minimum absolute atomic E-state index is 0.0786. The zero-order chi connectivity index (χ0) is 34.7. The molecule has 3 rings (SSSR count). The monoisotopic (exact) mass is 646 g/mol. The number of benzene rings is 2. The number of allylic oxidation sites excluding steroid dienone is 2. The highest BCUT2D eigenvalue weighted by molar-refractivity contribution is 6.38. The van der Waals surface area contributed by atoms with Crippen LogP contribution in [0.3, 0.4) is 0 Å². The highest BCUT2D eigenvalue weighted by atomic mass is 16.4. The van der Waals surface area contributed by atoms with Crippen LogP contribution in [0.4, 0.5) is 5.69 Å². The van der Waals surface area contributed by atoms with E-state index in [1.54, 1.807) is 18.2 Å². The topological polar surface area (TPSA) is 196 Å². The quantitative estimate of drug-likeness (QED) is 0.133. The van der Waals surface area contributed by atoms with E-state index in [-0.39, 0.29) is 31.3 Å². The van der Waals surface area contributed by atoms with Crippen LogP contribution in [-0.4, -0.2) is 68.7 Å². The summed E-state index contributed by atoms with van der Waals surface area (Å²) in [5, 5.41) is 25.1. The summed E-state index contributed by atoms with van der Waals surface area (Å²) >= 11 is 0. The van der Waals surface area contributed by atoms with Crippen molar-refractivity contribution in [3.05, 3.63) is 89.5 Å². The van der Waals surface area contributed by atoms with Gasteiger partial charge in [-0.2, -0.15) is 0 Å². The van der Waals surface area contributed by atoms with E-state index in [4.69, 9.17) is 5.73 Å². The van der Waals surface area contributed by atoms with Crippen molar-refractivity contribution >= 4 is 41.1 Å². The molecule has 0 saturated carbocycles. The highest BCUT2D eigenvalue weighted by Crippen LogP contribution is 2.33. The first-order chi connectivity index (χ1) is 22.3. The molecule has 250 valence electrons. The molecule has 47 heavy (non-hydrogen) atoms. The van der Waals surface area contributed by atoms with Gasteiger partial charge in [-0.3, -0.25) is 28.9 Å². The third kappa shape index (κ3) is 9.23. The van der Waals surface area contributed by atoms with Crippen molar-refractivity contribution < 1.29 is 39.0 Å². The van der Waals surface area contributed by atoms with E-state index in [0.717, 1.165) is 10.5 Å². The molecule has 0 fully saturated rings. The predicted octanol–water partition coefficient (Wildman–Crippen LogP) is 3.17. The number of carbonyl (C=O) groups excluding carboxylic acids is 4. The van der Waals surface area contributed by atoms with E-state index in [9.17, 15) is 39.0 Å².